The van der Waals surface area contributed by atoms with Gasteiger partial charge in [0.15, 0.2) is 0 Å². The summed E-state index contributed by atoms with van der Waals surface area (Å²) in [6.07, 6.45) is 2.24. The molecule has 0 aromatic heterocycles. The molecule has 0 spiro atoms. The van der Waals surface area contributed by atoms with Gasteiger partial charge in [0.1, 0.15) is 0 Å². The Morgan fingerprint density at radius 3 is 2.71 bits per heavy atom. The number of unbranched alkanes of at least 4 members (excludes halogenated alkanes) is 1. The lowest BCUT2D eigenvalue weighted by atomic mass is 10.3. The van der Waals surface area contributed by atoms with Crippen LogP contribution in [-0.2, 0) is 0 Å². The van der Waals surface area contributed by atoms with Crippen LogP contribution in [-0.4, -0.2) is 11.8 Å². The molecule has 0 aliphatic heterocycles. The monoisotopic (exact) mass is 104 g/mol. The molecular formula is C4H12N2O. The van der Waals surface area contributed by atoms with Gasteiger partial charge in [0.25, 0.3) is 0 Å². The van der Waals surface area contributed by atoms with Crippen molar-refractivity contribution < 1.29 is 5.21 Å². The molecule has 0 amide bonds. The maximum absolute atomic E-state index is 7.93. The molecule has 0 aromatic rings. The lowest BCUT2D eigenvalue weighted by molar-refractivity contribution is 0.120. The van der Waals surface area contributed by atoms with E-state index >= 15 is 0 Å². The molecule has 3 heteroatoms. The third-order valence-corrected chi connectivity index (χ3v) is 0.734. The number of rotatable bonds is 4. The molecule has 0 atom stereocenters. The molecular weight excluding hydrogens is 92.1 g/mol. The van der Waals surface area contributed by atoms with Gasteiger partial charge < -0.3 is 5.21 Å². The third kappa shape index (κ3) is 5.88. The summed E-state index contributed by atoms with van der Waals surface area (Å²) in [5.41, 5.74) is 4.41. The standard InChI is InChI=1S/C4H12N2O/c1-2-3-4-5-6-7/h5-7H,2-4H2,1H3. The Morgan fingerprint density at radius 2 is 2.29 bits per heavy atom. The van der Waals surface area contributed by atoms with Gasteiger partial charge in [0.05, 0.1) is 0 Å². The van der Waals surface area contributed by atoms with Crippen molar-refractivity contribution in [3.05, 3.63) is 0 Å². The number of hydrogen-bond donors (Lipinski definition) is 3. The van der Waals surface area contributed by atoms with E-state index < -0.39 is 0 Å². The molecule has 0 aliphatic carbocycles. The predicted molar refractivity (Wildman–Crippen MR) is 27.8 cm³/mol. The van der Waals surface area contributed by atoms with E-state index in [4.69, 9.17) is 5.21 Å². The van der Waals surface area contributed by atoms with E-state index in [9.17, 15) is 0 Å². The summed E-state index contributed by atoms with van der Waals surface area (Å²) in [5.74, 6) is 0. The van der Waals surface area contributed by atoms with Gasteiger partial charge in [-0.05, 0) is 6.42 Å². The van der Waals surface area contributed by atoms with E-state index in [0.717, 1.165) is 19.4 Å². The van der Waals surface area contributed by atoms with E-state index in [1.165, 1.54) is 0 Å². The molecule has 0 saturated carbocycles. The molecule has 3 nitrogen and oxygen atoms in total. The van der Waals surface area contributed by atoms with Gasteiger partial charge in [-0.25, -0.2) is 5.43 Å². The number of hydrazine groups is 1. The summed E-state index contributed by atoms with van der Waals surface area (Å²) in [7, 11) is 0. The van der Waals surface area contributed by atoms with Gasteiger partial charge in [-0.2, -0.15) is 0 Å². The van der Waals surface area contributed by atoms with Crippen molar-refractivity contribution in [1.29, 1.82) is 0 Å². The molecule has 3 N–H and O–H groups in total. The normalized spacial score (nSPS) is 9.43. The van der Waals surface area contributed by atoms with E-state index in [2.05, 4.69) is 12.3 Å². The third-order valence-electron chi connectivity index (χ3n) is 0.734. The van der Waals surface area contributed by atoms with Gasteiger partial charge in [0, 0.05) is 6.54 Å². The van der Waals surface area contributed by atoms with Crippen LogP contribution in [0.3, 0.4) is 0 Å². The summed E-state index contributed by atoms with van der Waals surface area (Å²) in [4.78, 5) is 0. The van der Waals surface area contributed by atoms with E-state index in [0.29, 0.717) is 0 Å². The SMILES string of the molecule is CCCCNNO. The van der Waals surface area contributed by atoms with Crippen molar-refractivity contribution in [3.8, 4) is 0 Å². The quantitative estimate of drug-likeness (QED) is 0.354. The first-order chi connectivity index (χ1) is 3.41. The molecule has 0 saturated heterocycles. The van der Waals surface area contributed by atoms with Gasteiger partial charge >= 0.3 is 0 Å². The second-order valence-corrected chi connectivity index (χ2v) is 1.39. The lowest BCUT2D eigenvalue weighted by Gasteiger charge is -1.95. The Bertz CT molecular complexity index is 28.9. The number of hydrogen-bond acceptors (Lipinski definition) is 3. The van der Waals surface area contributed by atoms with Crippen molar-refractivity contribution >= 4 is 0 Å². The molecule has 0 aliphatic rings. The largest absolute Gasteiger partial charge is 0.302 e. The van der Waals surface area contributed by atoms with Crippen molar-refractivity contribution in [2.45, 2.75) is 19.8 Å². The average Bonchev–Trinajstić information content (AvgIpc) is 1.69. The van der Waals surface area contributed by atoms with Crippen LogP contribution in [0.15, 0.2) is 0 Å². The summed E-state index contributed by atoms with van der Waals surface area (Å²) in [5, 5.41) is 7.93. The Kier molecular flexibility index (Phi) is 5.78. The number of nitrogens with one attached hydrogen (secondary N) is 2. The fourth-order valence-electron chi connectivity index (χ4n) is 0.321. The highest BCUT2D eigenvalue weighted by Gasteiger charge is 1.77. The van der Waals surface area contributed by atoms with Crippen molar-refractivity contribution in [2.24, 2.45) is 0 Å². The molecule has 44 valence electrons. The molecule has 0 bridgehead atoms. The minimum Gasteiger partial charge on any atom is -0.302 e. The molecule has 0 radical (unpaired) electrons. The Labute approximate surface area is 43.7 Å². The van der Waals surface area contributed by atoms with Crippen LogP contribution in [0, 0.1) is 0 Å². The van der Waals surface area contributed by atoms with Gasteiger partial charge in [-0.3, -0.25) is 0 Å². The maximum Gasteiger partial charge on any atom is 0.0121 e. The molecule has 0 heterocycles. The van der Waals surface area contributed by atoms with Gasteiger partial charge in [-0.1, -0.05) is 13.3 Å². The first-order valence-electron chi connectivity index (χ1n) is 2.53. The topological polar surface area (TPSA) is 44.3 Å². The molecule has 0 unspecified atom stereocenters. The fourth-order valence-corrected chi connectivity index (χ4v) is 0.321. The van der Waals surface area contributed by atoms with Crippen LogP contribution < -0.4 is 11.0 Å². The fraction of sp³-hybridized carbons (Fsp3) is 1.00. The van der Waals surface area contributed by atoms with Crippen molar-refractivity contribution in [1.82, 2.24) is 11.0 Å². The highest BCUT2D eigenvalue weighted by Crippen LogP contribution is 1.79. The minimum absolute atomic E-state index is 0.826. The summed E-state index contributed by atoms with van der Waals surface area (Å²) in [6, 6.07) is 0. The highest BCUT2D eigenvalue weighted by atomic mass is 16.5. The van der Waals surface area contributed by atoms with Gasteiger partial charge in [0.2, 0.25) is 0 Å². The zero-order valence-corrected chi connectivity index (χ0v) is 4.57. The zero-order chi connectivity index (χ0) is 5.54. The second kappa shape index (κ2) is 5.88. The summed E-state index contributed by atoms with van der Waals surface area (Å²) < 4.78 is 0. The average molecular weight is 104 g/mol. The Balaban J connectivity index is 2.45. The van der Waals surface area contributed by atoms with Crippen LogP contribution in [0.4, 0.5) is 0 Å². The minimum atomic E-state index is 0.826. The van der Waals surface area contributed by atoms with Crippen molar-refractivity contribution in [2.75, 3.05) is 6.54 Å². The van der Waals surface area contributed by atoms with E-state index in [-0.39, 0.29) is 0 Å². The van der Waals surface area contributed by atoms with Crippen LogP contribution in [0.25, 0.3) is 0 Å². The highest BCUT2D eigenvalue weighted by molar-refractivity contribution is 4.33. The van der Waals surface area contributed by atoms with Crippen molar-refractivity contribution in [3.63, 3.8) is 0 Å². The second-order valence-electron chi connectivity index (χ2n) is 1.39. The van der Waals surface area contributed by atoms with Crippen LogP contribution in [0.1, 0.15) is 19.8 Å². The maximum atomic E-state index is 7.93. The zero-order valence-electron chi connectivity index (χ0n) is 4.57. The predicted octanol–water partition coefficient (Wildman–Crippen LogP) is 0.270. The molecule has 0 fully saturated rings. The van der Waals surface area contributed by atoms with Gasteiger partial charge in [-0.15, -0.1) is 5.59 Å². The van der Waals surface area contributed by atoms with Crippen LogP contribution in [0.2, 0.25) is 0 Å². The molecule has 7 heavy (non-hydrogen) atoms. The van der Waals surface area contributed by atoms with E-state index in [1.807, 2.05) is 5.59 Å². The molecule has 0 aromatic carbocycles. The summed E-state index contributed by atoms with van der Waals surface area (Å²) in [6.45, 7) is 2.92. The first kappa shape index (κ1) is 6.88. The Morgan fingerprint density at radius 1 is 1.57 bits per heavy atom. The van der Waals surface area contributed by atoms with Crippen LogP contribution >= 0.6 is 0 Å². The smallest absolute Gasteiger partial charge is 0.0121 e. The van der Waals surface area contributed by atoms with Crippen LogP contribution in [0.5, 0.6) is 0 Å². The molecule has 0 rings (SSSR count). The first-order valence-corrected chi connectivity index (χ1v) is 2.53. The lowest BCUT2D eigenvalue weighted by Crippen LogP contribution is -2.28. The summed E-state index contributed by atoms with van der Waals surface area (Å²) >= 11 is 0. The van der Waals surface area contributed by atoms with E-state index in [1.54, 1.807) is 0 Å². The Hall–Kier alpha value is -0.120.